The van der Waals surface area contributed by atoms with Crippen LogP contribution in [0.15, 0.2) is 0 Å². The number of carbonyl (C=O) groups is 3. The topological polar surface area (TPSA) is 122 Å². The second-order valence-corrected chi connectivity index (χ2v) is 3.83. The van der Waals surface area contributed by atoms with Crippen molar-refractivity contribution in [1.29, 1.82) is 0 Å². The Balaban J connectivity index is 2.60. The van der Waals surface area contributed by atoms with Crippen molar-refractivity contribution in [2.24, 2.45) is 5.73 Å². The first-order chi connectivity index (χ1) is 8.56. The summed E-state index contributed by atoms with van der Waals surface area (Å²) in [6, 6.07) is -0.967. The first-order valence-corrected chi connectivity index (χ1v) is 5.63. The smallest absolute Gasteiger partial charge is 0.305 e. The minimum atomic E-state index is -1.13. The van der Waals surface area contributed by atoms with Gasteiger partial charge in [0.15, 0.2) is 0 Å². The van der Waals surface area contributed by atoms with E-state index in [2.05, 4.69) is 5.32 Å². The molecule has 1 aliphatic heterocycles. The molecule has 1 unspecified atom stereocenters. The summed E-state index contributed by atoms with van der Waals surface area (Å²) in [6.45, 7) is 0.953. The SMILES string of the molecule is NCCOCC(=O)N1CCNC(=O)C1CC(=O)O. The summed E-state index contributed by atoms with van der Waals surface area (Å²) in [6.07, 6.45) is -0.408. The highest BCUT2D eigenvalue weighted by atomic mass is 16.5. The highest BCUT2D eigenvalue weighted by molar-refractivity contribution is 5.91. The van der Waals surface area contributed by atoms with E-state index in [-0.39, 0.29) is 19.8 Å². The lowest BCUT2D eigenvalue weighted by Crippen LogP contribution is -2.58. The third kappa shape index (κ3) is 3.97. The van der Waals surface area contributed by atoms with Crippen LogP contribution in [0.1, 0.15) is 6.42 Å². The Hall–Kier alpha value is -1.67. The van der Waals surface area contributed by atoms with Crippen molar-refractivity contribution in [3.8, 4) is 0 Å². The summed E-state index contributed by atoms with van der Waals surface area (Å²) in [7, 11) is 0. The molecule has 4 N–H and O–H groups in total. The normalized spacial score (nSPS) is 19.5. The van der Waals surface area contributed by atoms with Crippen LogP contribution < -0.4 is 11.1 Å². The Morgan fingerprint density at radius 1 is 1.56 bits per heavy atom. The third-order valence-electron chi connectivity index (χ3n) is 2.51. The van der Waals surface area contributed by atoms with Crippen molar-refractivity contribution < 1.29 is 24.2 Å². The van der Waals surface area contributed by atoms with E-state index in [0.717, 1.165) is 0 Å². The molecule has 0 radical (unpaired) electrons. The quantitative estimate of drug-likeness (QED) is 0.464. The molecule has 0 spiro atoms. The number of carbonyl (C=O) groups excluding carboxylic acids is 2. The van der Waals surface area contributed by atoms with Crippen molar-refractivity contribution in [3.05, 3.63) is 0 Å². The predicted molar refractivity (Wildman–Crippen MR) is 60.6 cm³/mol. The summed E-state index contributed by atoms with van der Waals surface area (Å²) in [5, 5.41) is 11.3. The number of hydrogen-bond donors (Lipinski definition) is 3. The lowest BCUT2D eigenvalue weighted by molar-refractivity contribution is -0.150. The number of aliphatic carboxylic acids is 1. The lowest BCUT2D eigenvalue weighted by Gasteiger charge is -2.34. The van der Waals surface area contributed by atoms with Crippen LogP contribution in [0.2, 0.25) is 0 Å². The van der Waals surface area contributed by atoms with E-state index < -0.39 is 30.2 Å². The van der Waals surface area contributed by atoms with Gasteiger partial charge in [0.2, 0.25) is 11.8 Å². The lowest BCUT2D eigenvalue weighted by atomic mass is 10.1. The molecule has 1 saturated heterocycles. The molecule has 0 bridgehead atoms. The Morgan fingerprint density at radius 3 is 2.89 bits per heavy atom. The van der Waals surface area contributed by atoms with Gasteiger partial charge in [0.1, 0.15) is 12.6 Å². The number of rotatable bonds is 6. The molecule has 18 heavy (non-hydrogen) atoms. The minimum Gasteiger partial charge on any atom is -0.481 e. The van der Waals surface area contributed by atoms with Crippen molar-refractivity contribution in [2.75, 3.05) is 32.8 Å². The highest BCUT2D eigenvalue weighted by Gasteiger charge is 2.34. The van der Waals surface area contributed by atoms with Gasteiger partial charge < -0.3 is 25.8 Å². The Labute approximate surface area is 104 Å². The van der Waals surface area contributed by atoms with E-state index in [4.69, 9.17) is 15.6 Å². The molecule has 102 valence electrons. The number of nitrogens with zero attached hydrogens (tertiary/aromatic N) is 1. The molecule has 1 aliphatic rings. The number of hydrogen-bond acceptors (Lipinski definition) is 5. The molecule has 0 aromatic rings. The molecule has 2 amide bonds. The molecule has 0 aliphatic carbocycles. The predicted octanol–water partition coefficient (Wildman–Crippen LogP) is -2.24. The second kappa shape index (κ2) is 6.92. The van der Waals surface area contributed by atoms with Crippen LogP contribution in [0.5, 0.6) is 0 Å². The van der Waals surface area contributed by atoms with E-state index in [9.17, 15) is 14.4 Å². The first kappa shape index (κ1) is 14.4. The second-order valence-electron chi connectivity index (χ2n) is 3.83. The molecule has 0 aromatic carbocycles. The van der Waals surface area contributed by atoms with Crippen LogP contribution in [0, 0.1) is 0 Å². The van der Waals surface area contributed by atoms with Crippen molar-refractivity contribution in [1.82, 2.24) is 10.2 Å². The third-order valence-corrected chi connectivity index (χ3v) is 2.51. The van der Waals surface area contributed by atoms with Gasteiger partial charge in [-0.05, 0) is 0 Å². The molecule has 1 rings (SSSR count). The molecule has 1 fully saturated rings. The zero-order chi connectivity index (χ0) is 13.5. The molecular formula is C10H17N3O5. The van der Waals surface area contributed by atoms with Gasteiger partial charge in [0.05, 0.1) is 13.0 Å². The highest BCUT2D eigenvalue weighted by Crippen LogP contribution is 2.09. The van der Waals surface area contributed by atoms with E-state index in [1.807, 2.05) is 0 Å². The average Bonchev–Trinajstić information content (AvgIpc) is 2.31. The number of nitrogens with two attached hydrogens (primary N) is 1. The Bertz CT molecular complexity index is 333. The zero-order valence-corrected chi connectivity index (χ0v) is 9.92. The van der Waals surface area contributed by atoms with Gasteiger partial charge in [-0.1, -0.05) is 0 Å². The van der Waals surface area contributed by atoms with Gasteiger partial charge in [0, 0.05) is 19.6 Å². The van der Waals surface area contributed by atoms with Gasteiger partial charge in [-0.15, -0.1) is 0 Å². The molecular weight excluding hydrogens is 242 g/mol. The maximum atomic E-state index is 11.8. The monoisotopic (exact) mass is 259 g/mol. The number of amides is 2. The summed E-state index contributed by atoms with van der Waals surface area (Å²) in [4.78, 5) is 35.3. The van der Waals surface area contributed by atoms with Crippen LogP contribution in [0.4, 0.5) is 0 Å². The van der Waals surface area contributed by atoms with Crippen LogP contribution in [0.3, 0.4) is 0 Å². The van der Waals surface area contributed by atoms with Crippen molar-refractivity contribution in [3.63, 3.8) is 0 Å². The van der Waals surface area contributed by atoms with Crippen LogP contribution >= 0.6 is 0 Å². The molecule has 1 heterocycles. The maximum Gasteiger partial charge on any atom is 0.305 e. The number of carboxylic acids is 1. The fourth-order valence-corrected chi connectivity index (χ4v) is 1.71. The van der Waals surface area contributed by atoms with Gasteiger partial charge in [-0.25, -0.2) is 0 Å². The van der Waals surface area contributed by atoms with E-state index in [0.29, 0.717) is 13.1 Å². The Morgan fingerprint density at radius 2 is 2.28 bits per heavy atom. The van der Waals surface area contributed by atoms with Gasteiger partial charge >= 0.3 is 5.97 Å². The Kier molecular flexibility index (Phi) is 5.53. The van der Waals surface area contributed by atoms with Crippen LogP contribution in [0.25, 0.3) is 0 Å². The van der Waals surface area contributed by atoms with Gasteiger partial charge in [-0.3, -0.25) is 14.4 Å². The minimum absolute atomic E-state index is 0.194. The fraction of sp³-hybridized carbons (Fsp3) is 0.700. The fourth-order valence-electron chi connectivity index (χ4n) is 1.71. The van der Waals surface area contributed by atoms with Crippen LogP contribution in [-0.2, 0) is 19.1 Å². The number of piperazine rings is 1. The number of carboxylic acid groups (broad SMARTS) is 1. The largest absolute Gasteiger partial charge is 0.481 e. The van der Waals surface area contributed by atoms with Crippen molar-refractivity contribution >= 4 is 17.8 Å². The first-order valence-electron chi connectivity index (χ1n) is 5.63. The number of ether oxygens (including phenoxy) is 1. The molecule has 8 nitrogen and oxygen atoms in total. The molecule has 1 atom stereocenters. The van der Waals surface area contributed by atoms with E-state index in [1.165, 1.54) is 4.90 Å². The zero-order valence-electron chi connectivity index (χ0n) is 9.92. The van der Waals surface area contributed by atoms with Gasteiger partial charge in [-0.2, -0.15) is 0 Å². The number of nitrogens with one attached hydrogen (secondary N) is 1. The summed E-state index contributed by atoms with van der Waals surface area (Å²) >= 11 is 0. The summed E-state index contributed by atoms with van der Waals surface area (Å²) < 4.78 is 4.99. The van der Waals surface area contributed by atoms with Crippen LogP contribution in [-0.4, -0.2) is 66.7 Å². The maximum absolute atomic E-state index is 11.8. The van der Waals surface area contributed by atoms with E-state index in [1.54, 1.807) is 0 Å². The summed E-state index contributed by atoms with van der Waals surface area (Å²) in [5.41, 5.74) is 5.22. The van der Waals surface area contributed by atoms with E-state index >= 15 is 0 Å². The summed E-state index contributed by atoms with van der Waals surface area (Å²) in [5.74, 6) is -1.97. The van der Waals surface area contributed by atoms with Gasteiger partial charge in [0.25, 0.3) is 0 Å². The van der Waals surface area contributed by atoms with Crippen molar-refractivity contribution in [2.45, 2.75) is 12.5 Å². The molecule has 8 heteroatoms. The average molecular weight is 259 g/mol. The molecule has 0 saturated carbocycles. The molecule has 0 aromatic heterocycles. The standard InChI is InChI=1S/C10H17N3O5/c11-1-4-18-6-8(14)13-3-2-12-10(17)7(13)5-9(15)16/h7H,1-6,11H2,(H,12,17)(H,15,16).